The monoisotopic (exact) mass is 420 g/mol. The van der Waals surface area contributed by atoms with Crippen LogP contribution in [0.15, 0.2) is 67.4 Å². The summed E-state index contributed by atoms with van der Waals surface area (Å²) in [5.41, 5.74) is 3.63. The third-order valence-corrected chi connectivity index (χ3v) is 4.95. The second-order valence-electron chi connectivity index (χ2n) is 6.91. The summed E-state index contributed by atoms with van der Waals surface area (Å²) >= 11 is 6.04. The normalized spacial score (nSPS) is 10.9. The van der Waals surface area contributed by atoms with Crippen LogP contribution in [0.2, 0.25) is 5.02 Å². The van der Waals surface area contributed by atoms with Crippen molar-refractivity contribution in [3.05, 3.63) is 78.0 Å². The number of pyridine rings is 1. The molecule has 0 aliphatic heterocycles. The summed E-state index contributed by atoms with van der Waals surface area (Å²) in [7, 11) is 1.94. The van der Waals surface area contributed by atoms with E-state index in [-0.39, 0.29) is 5.91 Å². The highest BCUT2D eigenvalue weighted by molar-refractivity contribution is 6.30. The molecule has 0 aliphatic rings. The van der Waals surface area contributed by atoms with Gasteiger partial charge in [-0.2, -0.15) is 5.10 Å². The lowest BCUT2D eigenvalue weighted by Gasteiger charge is -2.05. The van der Waals surface area contributed by atoms with Crippen molar-refractivity contribution in [3.63, 3.8) is 0 Å². The first-order valence-electron chi connectivity index (χ1n) is 9.57. The fourth-order valence-corrected chi connectivity index (χ4v) is 3.32. The summed E-state index contributed by atoms with van der Waals surface area (Å²) in [6, 6.07) is 11.4. The summed E-state index contributed by atoms with van der Waals surface area (Å²) in [6.45, 7) is 1.02. The molecule has 1 aromatic carbocycles. The zero-order valence-electron chi connectivity index (χ0n) is 16.5. The molecule has 0 bridgehead atoms. The molecular formula is C22H21ClN6O. The van der Waals surface area contributed by atoms with Crippen LogP contribution < -0.4 is 5.32 Å². The molecule has 4 rings (SSSR count). The van der Waals surface area contributed by atoms with E-state index in [0.717, 1.165) is 28.2 Å². The fourth-order valence-electron chi connectivity index (χ4n) is 3.20. The number of hydrogen-bond donors (Lipinski definition) is 1. The molecule has 4 aromatic rings. The maximum atomic E-state index is 12.2. The number of nitrogens with one attached hydrogen (secondary N) is 1. The standard InChI is InChI=1S/C22H21ClN6O/c1-28-11-9-26-22(28)21-19(17-4-6-18(23)7-5-17)15-29(27-21)12-10-25-20(30)13-16-3-2-8-24-14-16/h2-9,11,14-15H,10,12-13H2,1H3,(H,25,30). The molecule has 3 aromatic heterocycles. The summed E-state index contributed by atoms with van der Waals surface area (Å²) < 4.78 is 3.76. The minimum Gasteiger partial charge on any atom is -0.354 e. The predicted octanol–water partition coefficient (Wildman–Crippen LogP) is 3.36. The van der Waals surface area contributed by atoms with Crippen LogP contribution in [-0.4, -0.2) is 36.8 Å². The van der Waals surface area contributed by atoms with Gasteiger partial charge in [0, 0.05) is 55.2 Å². The maximum Gasteiger partial charge on any atom is 0.224 e. The van der Waals surface area contributed by atoms with Crippen molar-refractivity contribution in [2.24, 2.45) is 7.05 Å². The zero-order chi connectivity index (χ0) is 20.9. The molecule has 1 N–H and O–H groups in total. The molecule has 0 saturated heterocycles. The summed E-state index contributed by atoms with van der Waals surface area (Å²) in [6.07, 6.45) is 9.31. The molecule has 0 spiro atoms. The molecular weight excluding hydrogens is 400 g/mol. The van der Waals surface area contributed by atoms with Crippen molar-refractivity contribution in [1.29, 1.82) is 0 Å². The van der Waals surface area contributed by atoms with Crippen LogP contribution >= 0.6 is 11.6 Å². The van der Waals surface area contributed by atoms with E-state index in [2.05, 4.69) is 15.3 Å². The van der Waals surface area contributed by atoms with Gasteiger partial charge in [0.1, 0.15) is 5.69 Å². The Labute approximate surface area is 179 Å². The van der Waals surface area contributed by atoms with Gasteiger partial charge < -0.3 is 9.88 Å². The minimum atomic E-state index is -0.0441. The highest BCUT2D eigenvalue weighted by atomic mass is 35.5. The maximum absolute atomic E-state index is 12.2. The Morgan fingerprint density at radius 3 is 2.70 bits per heavy atom. The van der Waals surface area contributed by atoms with E-state index in [1.807, 2.05) is 65.1 Å². The highest BCUT2D eigenvalue weighted by Gasteiger charge is 2.16. The van der Waals surface area contributed by atoms with Crippen molar-refractivity contribution in [2.45, 2.75) is 13.0 Å². The van der Waals surface area contributed by atoms with Crippen molar-refractivity contribution in [1.82, 2.24) is 29.6 Å². The number of hydrogen-bond acceptors (Lipinski definition) is 4. The van der Waals surface area contributed by atoms with Crippen LogP contribution in [0.25, 0.3) is 22.6 Å². The van der Waals surface area contributed by atoms with Gasteiger partial charge in [0.25, 0.3) is 0 Å². The van der Waals surface area contributed by atoms with E-state index < -0.39 is 0 Å². The van der Waals surface area contributed by atoms with Gasteiger partial charge in [0.15, 0.2) is 5.82 Å². The molecule has 152 valence electrons. The van der Waals surface area contributed by atoms with Gasteiger partial charge in [0.2, 0.25) is 5.91 Å². The molecule has 7 nitrogen and oxygen atoms in total. The molecule has 0 fully saturated rings. The van der Waals surface area contributed by atoms with E-state index in [1.54, 1.807) is 18.6 Å². The molecule has 8 heteroatoms. The smallest absolute Gasteiger partial charge is 0.224 e. The molecule has 0 unspecified atom stereocenters. The lowest BCUT2D eigenvalue weighted by atomic mass is 10.1. The molecule has 30 heavy (non-hydrogen) atoms. The van der Waals surface area contributed by atoms with Crippen LogP contribution in [0.1, 0.15) is 5.56 Å². The first kappa shape index (κ1) is 19.8. The average Bonchev–Trinajstić information content (AvgIpc) is 3.35. The Hall–Kier alpha value is -3.45. The Kier molecular flexibility index (Phi) is 5.90. The van der Waals surface area contributed by atoms with Crippen molar-refractivity contribution < 1.29 is 4.79 Å². The number of carbonyl (C=O) groups is 1. The first-order valence-corrected chi connectivity index (χ1v) is 9.94. The van der Waals surface area contributed by atoms with Crippen molar-refractivity contribution >= 4 is 17.5 Å². The average molecular weight is 421 g/mol. The molecule has 0 radical (unpaired) electrons. The quantitative estimate of drug-likeness (QED) is 0.497. The highest BCUT2D eigenvalue weighted by Crippen LogP contribution is 2.30. The first-order chi connectivity index (χ1) is 14.6. The third kappa shape index (κ3) is 4.58. The predicted molar refractivity (Wildman–Crippen MR) is 116 cm³/mol. The fraction of sp³-hybridized carbons (Fsp3) is 0.182. The Morgan fingerprint density at radius 1 is 1.17 bits per heavy atom. The van der Waals surface area contributed by atoms with E-state index in [1.165, 1.54) is 0 Å². The van der Waals surface area contributed by atoms with E-state index >= 15 is 0 Å². The Bertz CT molecular complexity index is 1130. The Morgan fingerprint density at radius 2 is 2.00 bits per heavy atom. The number of halogens is 1. The van der Waals surface area contributed by atoms with Crippen LogP contribution in [0.4, 0.5) is 0 Å². The number of rotatable bonds is 7. The minimum absolute atomic E-state index is 0.0441. The van der Waals surface area contributed by atoms with E-state index in [4.69, 9.17) is 16.7 Å². The summed E-state index contributed by atoms with van der Waals surface area (Å²) in [5, 5.41) is 8.35. The van der Waals surface area contributed by atoms with E-state index in [0.29, 0.717) is 24.5 Å². The zero-order valence-corrected chi connectivity index (χ0v) is 17.3. The number of amides is 1. The number of imidazole rings is 1. The van der Waals surface area contributed by atoms with Gasteiger partial charge in [-0.05, 0) is 29.3 Å². The van der Waals surface area contributed by atoms with Gasteiger partial charge in [-0.25, -0.2) is 4.98 Å². The molecule has 0 aliphatic carbocycles. The van der Waals surface area contributed by atoms with Crippen molar-refractivity contribution in [3.8, 4) is 22.6 Å². The molecule has 0 saturated carbocycles. The third-order valence-electron chi connectivity index (χ3n) is 4.70. The molecule has 3 heterocycles. The Balaban J connectivity index is 1.49. The van der Waals surface area contributed by atoms with Crippen LogP contribution in [0.3, 0.4) is 0 Å². The number of nitrogens with zero attached hydrogens (tertiary/aromatic N) is 5. The van der Waals surface area contributed by atoms with Gasteiger partial charge in [-0.3, -0.25) is 14.5 Å². The summed E-state index contributed by atoms with van der Waals surface area (Å²) in [5.74, 6) is 0.733. The summed E-state index contributed by atoms with van der Waals surface area (Å²) in [4.78, 5) is 20.6. The topological polar surface area (TPSA) is 77.6 Å². The van der Waals surface area contributed by atoms with Gasteiger partial charge in [-0.15, -0.1) is 0 Å². The molecule has 0 atom stereocenters. The second kappa shape index (κ2) is 8.92. The van der Waals surface area contributed by atoms with Crippen LogP contribution in [0.5, 0.6) is 0 Å². The van der Waals surface area contributed by atoms with Gasteiger partial charge >= 0.3 is 0 Å². The SMILES string of the molecule is Cn1ccnc1-c1nn(CCNC(=O)Cc2cccnc2)cc1-c1ccc(Cl)cc1. The largest absolute Gasteiger partial charge is 0.354 e. The molecule has 1 amide bonds. The second-order valence-corrected chi connectivity index (χ2v) is 7.35. The van der Waals surface area contributed by atoms with Crippen LogP contribution in [0, 0.1) is 0 Å². The number of carbonyl (C=O) groups excluding carboxylic acids is 1. The van der Waals surface area contributed by atoms with Crippen LogP contribution in [-0.2, 0) is 24.8 Å². The van der Waals surface area contributed by atoms with Gasteiger partial charge in [-0.1, -0.05) is 29.8 Å². The van der Waals surface area contributed by atoms with Crippen molar-refractivity contribution in [2.75, 3.05) is 6.54 Å². The lowest BCUT2D eigenvalue weighted by molar-refractivity contribution is -0.120. The number of aromatic nitrogens is 5. The lowest BCUT2D eigenvalue weighted by Crippen LogP contribution is -2.28. The number of benzene rings is 1. The number of aryl methyl sites for hydroxylation is 1. The van der Waals surface area contributed by atoms with E-state index in [9.17, 15) is 4.79 Å². The van der Waals surface area contributed by atoms with Gasteiger partial charge in [0.05, 0.1) is 13.0 Å².